The molecule has 21 heavy (non-hydrogen) atoms. The highest BCUT2D eigenvalue weighted by molar-refractivity contribution is 5.61. The zero-order chi connectivity index (χ0) is 14.7. The van der Waals surface area contributed by atoms with E-state index in [1.165, 1.54) is 31.5 Å². The summed E-state index contributed by atoms with van der Waals surface area (Å²) in [5.41, 5.74) is 3.66. The molecule has 0 amide bonds. The lowest BCUT2D eigenvalue weighted by atomic mass is 10.2. The summed E-state index contributed by atoms with van der Waals surface area (Å²) < 4.78 is 1.87. The van der Waals surface area contributed by atoms with E-state index < -0.39 is 0 Å². The highest BCUT2D eigenvalue weighted by Crippen LogP contribution is 2.20. The van der Waals surface area contributed by atoms with Gasteiger partial charge in [0.25, 0.3) is 0 Å². The van der Waals surface area contributed by atoms with Crippen molar-refractivity contribution in [1.29, 1.82) is 5.26 Å². The molecule has 1 aromatic carbocycles. The summed E-state index contributed by atoms with van der Waals surface area (Å²) in [6, 6.07) is 7.87. The monoisotopic (exact) mass is 281 g/mol. The van der Waals surface area contributed by atoms with Gasteiger partial charge >= 0.3 is 0 Å². The second kappa shape index (κ2) is 5.98. The van der Waals surface area contributed by atoms with Crippen LogP contribution in [0.2, 0.25) is 0 Å². The van der Waals surface area contributed by atoms with Crippen molar-refractivity contribution in [2.75, 3.05) is 25.5 Å². The molecule has 5 nitrogen and oxygen atoms in total. The van der Waals surface area contributed by atoms with Crippen molar-refractivity contribution in [1.82, 2.24) is 14.7 Å². The van der Waals surface area contributed by atoms with Crippen LogP contribution in [0.4, 0.5) is 5.69 Å². The molecule has 0 saturated carbocycles. The molecule has 2 heterocycles. The Morgan fingerprint density at radius 1 is 1.33 bits per heavy atom. The minimum absolute atomic E-state index is 0.644. The Labute approximate surface area is 124 Å². The van der Waals surface area contributed by atoms with E-state index in [-0.39, 0.29) is 0 Å². The third-order valence-electron chi connectivity index (χ3n) is 3.90. The van der Waals surface area contributed by atoms with Gasteiger partial charge in [-0.05, 0) is 44.1 Å². The number of rotatable bonds is 4. The first-order valence-electron chi connectivity index (χ1n) is 7.28. The van der Waals surface area contributed by atoms with Gasteiger partial charge in [-0.2, -0.15) is 10.4 Å². The maximum atomic E-state index is 9.06. The first kappa shape index (κ1) is 13.7. The summed E-state index contributed by atoms with van der Waals surface area (Å²) in [5.74, 6) is 0. The molecule has 1 aliphatic rings. The lowest BCUT2D eigenvalue weighted by Crippen LogP contribution is -2.17. The van der Waals surface area contributed by atoms with E-state index in [0.717, 1.165) is 17.9 Å². The van der Waals surface area contributed by atoms with Crippen LogP contribution in [0.25, 0.3) is 5.69 Å². The molecule has 1 fully saturated rings. The van der Waals surface area contributed by atoms with E-state index in [0.29, 0.717) is 5.56 Å². The van der Waals surface area contributed by atoms with Crippen molar-refractivity contribution >= 4 is 5.69 Å². The minimum atomic E-state index is 0.644. The van der Waals surface area contributed by atoms with E-state index in [1.54, 1.807) is 0 Å². The molecule has 0 bridgehead atoms. The average Bonchev–Trinajstić information content (AvgIpc) is 3.19. The van der Waals surface area contributed by atoms with Gasteiger partial charge in [0.15, 0.2) is 0 Å². The summed E-state index contributed by atoms with van der Waals surface area (Å²) in [5, 5.41) is 16.5. The molecule has 1 aromatic heterocycles. The third-order valence-corrected chi connectivity index (χ3v) is 3.90. The van der Waals surface area contributed by atoms with Crippen LogP contribution in [0, 0.1) is 11.3 Å². The fourth-order valence-electron chi connectivity index (χ4n) is 2.76. The lowest BCUT2D eigenvalue weighted by molar-refractivity contribution is 0.331. The number of nitriles is 1. The third kappa shape index (κ3) is 2.91. The number of hydrogen-bond donors (Lipinski definition) is 1. The molecule has 0 unspecified atom stereocenters. The van der Waals surface area contributed by atoms with Crippen LogP contribution in [0.15, 0.2) is 30.6 Å². The van der Waals surface area contributed by atoms with Crippen molar-refractivity contribution < 1.29 is 0 Å². The normalized spacial score (nSPS) is 15.0. The standard InChI is InChI=1S/C16H19N5/c1-18-16-8-15(5-4-14(16)9-17)21-12-13(10-19-21)11-20-6-2-3-7-20/h4-5,8,10,12,18H,2-3,6-7,11H2,1H3. The Hall–Kier alpha value is -2.32. The lowest BCUT2D eigenvalue weighted by Gasteiger charge is -2.12. The van der Waals surface area contributed by atoms with Gasteiger partial charge in [0, 0.05) is 25.4 Å². The Bertz CT molecular complexity index is 662. The average molecular weight is 281 g/mol. The summed E-state index contributed by atoms with van der Waals surface area (Å²) in [6.07, 6.45) is 6.60. The van der Waals surface area contributed by atoms with Gasteiger partial charge in [0.05, 0.1) is 23.1 Å². The fourth-order valence-corrected chi connectivity index (χ4v) is 2.76. The highest BCUT2D eigenvalue weighted by atomic mass is 15.3. The molecule has 1 N–H and O–H groups in total. The van der Waals surface area contributed by atoms with Crippen LogP contribution < -0.4 is 5.32 Å². The van der Waals surface area contributed by atoms with Gasteiger partial charge in [-0.1, -0.05) is 0 Å². The number of anilines is 1. The van der Waals surface area contributed by atoms with Crippen molar-refractivity contribution in [2.24, 2.45) is 0 Å². The van der Waals surface area contributed by atoms with Crippen molar-refractivity contribution in [3.63, 3.8) is 0 Å². The Kier molecular flexibility index (Phi) is 3.89. The number of likely N-dealkylation sites (tertiary alicyclic amines) is 1. The first-order valence-corrected chi connectivity index (χ1v) is 7.28. The number of hydrogen-bond acceptors (Lipinski definition) is 4. The maximum absolute atomic E-state index is 9.06. The van der Waals surface area contributed by atoms with Gasteiger partial charge in [0.2, 0.25) is 0 Å². The van der Waals surface area contributed by atoms with Crippen LogP contribution in [-0.4, -0.2) is 34.8 Å². The molecule has 5 heteroatoms. The number of aromatic nitrogens is 2. The number of nitrogens with one attached hydrogen (secondary N) is 1. The highest BCUT2D eigenvalue weighted by Gasteiger charge is 2.13. The maximum Gasteiger partial charge on any atom is 0.101 e. The fraction of sp³-hybridized carbons (Fsp3) is 0.375. The minimum Gasteiger partial charge on any atom is -0.387 e. The zero-order valence-corrected chi connectivity index (χ0v) is 12.2. The molecule has 0 aliphatic carbocycles. The number of benzene rings is 1. The van der Waals surface area contributed by atoms with Crippen molar-refractivity contribution in [3.05, 3.63) is 41.7 Å². The predicted molar refractivity (Wildman–Crippen MR) is 82.3 cm³/mol. The van der Waals surface area contributed by atoms with E-state index in [2.05, 4.69) is 27.6 Å². The zero-order valence-electron chi connectivity index (χ0n) is 12.2. The summed E-state index contributed by atoms with van der Waals surface area (Å²) in [4.78, 5) is 2.46. The largest absolute Gasteiger partial charge is 0.387 e. The van der Waals surface area contributed by atoms with Crippen LogP contribution in [0.3, 0.4) is 0 Å². The van der Waals surface area contributed by atoms with Crippen LogP contribution in [0.5, 0.6) is 0 Å². The Morgan fingerprint density at radius 2 is 2.14 bits per heavy atom. The van der Waals surface area contributed by atoms with E-state index in [1.807, 2.05) is 36.1 Å². The van der Waals surface area contributed by atoms with Crippen molar-refractivity contribution in [2.45, 2.75) is 19.4 Å². The van der Waals surface area contributed by atoms with Crippen LogP contribution >= 0.6 is 0 Å². The second-order valence-corrected chi connectivity index (χ2v) is 5.37. The van der Waals surface area contributed by atoms with Gasteiger partial charge < -0.3 is 5.32 Å². The van der Waals surface area contributed by atoms with Gasteiger partial charge in [-0.15, -0.1) is 0 Å². The Morgan fingerprint density at radius 3 is 2.86 bits per heavy atom. The second-order valence-electron chi connectivity index (χ2n) is 5.37. The van der Waals surface area contributed by atoms with Crippen LogP contribution in [-0.2, 0) is 6.54 Å². The quantitative estimate of drug-likeness (QED) is 0.935. The Balaban J connectivity index is 1.81. The van der Waals surface area contributed by atoms with Crippen LogP contribution in [0.1, 0.15) is 24.0 Å². The van der Waals surface area contributed by atoms with E-state index >= 15 is 0 Å². The summed E-state index contributed by atoms with van der Waals surface area (Å²) in [6.45, 7) is 3.34. The van der Waals surface area contributed by atoms with Gasteiger partial charge in [-0.25, -0.2) is 4.68 Å². The predicted octanol–water partition coefficient (Wildman–Crippen LogP) is 2.38. The topological polar surface area (TPSA) is 56.9 Å². The molecule has 108 valence electrons. The molecule has 3 rings (SSSR count). The number of nitrogens with zero attached hydrogens (tertiary/aromatic N) is 4. The molecular formula is C16H19N5. The van der Waals surface area contributed by atoms with E-state index in [9.17, 15) is 0 Å². The molecule has 0 atom stereocenters. The smallest absolute Gasteiger partial charge is 0.101 e. The van der Waals surface area contributed by atoms with Gasteiger partial charge in [0.1, 0.15) is 6.07 Å². The van der Waals surface area contributed by atoms with Crippen molar-refractivity contribution in [3.8, 4) is 11.8 Å². The van der Waals surface area contributed by atoms with Gasteiger partial charge in [-0.3, -0.25) is 4.90 Å². The molecule has 0 spiro atoms. The molecule has 1 saturated heterocycles. The molecular weight excluding hydrogens is 262 g/mol. The summed E-state index contributed by atoms with van der Waals surface area (Å²) >= 11 is 0. The molecule has 0 radical (unpaired) electrons. The molecule has 2 aromatic rings. The SMILES string of the molecule is CNc1cc(-n2cc(CN3CCCC3)cn2)ccc1C#N. The van der Waals surface area contributed by atoms with E-state index in [4.69, 9.17) is 5.26 Å². The molecule has 1 aliphatic heterocycles. The first-order chi connectivity index (χ1) is 10.3. The summed E-state index contributed by atoms with van der Waals surface area (Å²) in [7, 11) is 1.82.